The molecule has 0 saturated carbocycles. The van der Waals surface area contributed by atoms with Gasteiger partial charge in [-0.15, -0.1) is 11.3 Å². The van der Waals surface area contributed by atoms with Gasteiger partial charge in [-0.2, -0.15) is 0 Å². The van der Waals surface area contributed by atoms with Crippen molar-refractivity contribution >= 4 is 45.3 Å². The topological polar surface area (TPSA) is 107 Å². The molecule has 33 heavy (non-hydrogen) atoms. The van der Waals surface area contributed by atoms with Gasteiger partial charge in [-0.05, 0) is 68.2 Å². The van der Waals surface area contributed by atoms with Crippen LogP contribution in [-0.4, -0.2) is 26.7 Å². The molecule has 3 aromatic rings. The Labute approximate surface area is 200 Å². The van der Waals surface area contributed by atoms with E-state index < -0.39 is 17.2 Å². The first-order chi connectivity index (χ1) is 15.7. The predicted molar refractivity (Wildman–Crippen MR) is 134 cm³/mol. The van der Waals surface area contributed by atoms with Crippen LogP contribution < -0.4 is 16.6 Å². The van der Waals surface area contributed by atoms with Gasteiger partial charge in [0.25, 0.3) is 5.56 Å². The lowest BCUT2D eigenvalue weighted by Gasteiger charge is -2.21. The molecule has 2 aromatic heterocycles. The molecule has 1 aliphatic carbocycles. The van der Waals surface area contributed by atoms with Crippen molar-refractivity contribution in [3.05, 3.63) is 50.1 Å². The molecule has 0 fully saturated rings. The number of thiophene rings is 1. The third-order valence-corrected chi connectivity index (χ3v) is 8.59. The highest BCUT2D eigenvalue weighted by Crippen LogP contribution is 2.37. The molecule has 1 atom stereocenters. The lowest BCUT2D eigenvalue weighted by molar-refractivity contribution is -0.120. The summed E-state index contributed by atoms with van der Waals surface area (Å²) in [6.45, 7) is 7.72. The van der Waals surface area contributed by atoms with Gasteiger partial charge in [-0.25, -0.2) is 9.78 Å². The molecule has 1 unspecified atom stereocenters. The molecule has 2 heterocycles. The summed E-state index contributed by atoms with van der Waals surface area (Å²) in [7, 11) is 0. The number of primary amides is 1. The molecule has 1 aliphatic rings. The number of fused-ring (bicyclic) bond motifs is 3. The zero-order chi connectivity index (χ0) is 23.9. The first-order valence-electron chi connectivity index (χ1n) is 11.1. The number of imide groups is 1. The number of hydrogen-bond donors (Lipinski definition) is 2. The normalized spacial score (nSPS) is 14.3. The standard InChI is InChI=1S/C24H28N4O3S2/c1-12(2)19(20(29)26-23(25)31)33-24-27-21-18(15-7-5-6-8-17(15)32-21)22(30)28(24)16-11-13(3)9-10-14(16)4/h9-12,19H,5-8H2,1-4H3,(H3,25,26,29,31). The molecule has 9 heteroatoms. The minimum absolute atomic E-state index is 0.103. The Morgan fingerprint density at radius 2 is 1.94 bits per heavy atom. The van der Waals surface area contributed by atoms with Crippen LogP contribution in [-0.2, 0) is 17.6 Å². The zero-order valence-corrected chi connectivity index (χ0v) is 20.9. The van der Waals surface area contributed by atoms with Crippen molar-refractivity contribution in [1.82, 2.24) is 14.9 Å². The monoisotopic (exact) mass is 484 g/mol. The second-order valence-electron chi connectivity index (χ2n) is 8.85. The van der Waals surface area contributed by atoms with Crippen LogP contribution in [0, 0.1) is 19.8 Å². The highest BCUT2D eigenvalue weighted by atomic mass is 32.2. The fourth-order valence-electron chi connectivity index (χ4n) is 4.24. The van der Waals surface area contributed by atoms with Gasteiger partial charge in [0.2, 0.25) is 5.91 Å². The number of aryl methyl sites for hydroxylation is 4. The Hall–Kier alpha value is -2.65. The number of rotatable bonds is 5. The van der Waals surface area contributed by atoms with E-state index in [1.54, 1.807) is 15.9 Å². The summed E-state index contributed by atoms with van der Waals surface area (Å²) in [6.07, 6.45) is 4.05. The van der Waals surface area contributed by atoms with Gasteiger partial charge in [0.05, 0.1) is 16.3 Å². The molecule has 0 aliphatic heterocycles. The predicted octanol–water partition coefficient (Wildman–Crippen LogP) is 4.25. The van der Waals surface area contributed by atoms with Crippen molar-refractivity contribution in [2.24, 2.45) is 11.7 Å². The third-order valence-electron chi connectivity index (χ3n) is 5.91. The SMILES string of the molecule is Cc1ccc(C)c(-n2c(SC(C(=O)NC(N)=O)C(C)C)nc3sc4c(c3c2=O)CCCC4)c1. The van der Waals surface area contributed by atoms with Gasteiger partial charge in [0.1, 0.15) is 4.83 Å². The van der Waals surface area contributed by atoms with E-state index >= 15 is 0 Å². The van der Waals surface area contributed by atoms with Crippen LogP contribution in [0.1, 0.15) is 48.3 Å². The van der Waals surface area contributed by atoms with Crippen LogP contribution in [0.2, 0.25) is 0 Å². The zero-order valence-electron chi connectivity index (χ0n) is 19.2. The molecule has 0 bridgehead atoms. The van der Waals surface area contributed by atoms with Gasteiger partial charge in [-0.3, -0.25) is 19.5 Å². The number of carbonyl (C=O) groups excluding carboxylic acids is 2. The molecule has 174 valence electrons. The average molecular weight is 485 g/mol. The maximum absolute atomic E-state index is 14.0. The van der Waals surface area contributed by atoms with Crippen LogP contribution in [0.4, 0.5) is 4.79 Å². The first-order valence-corrected chi connectivity index (χ1v) is 12.8. The summed E-state index contributed by atoms with van der Waals surface area (Å²) in [5, 5.41) is 2.68. The second-order valence-corrected chi connectivity index (χ2v) is 11.0. The summed E-state index contributed by atoms with van der Waals surface area (Å²) in [5.41, 5.74) is 8.93. The van der Waals surface area contributed by atoms with Crippen molar-refractivity contribution in [1.29, 1.82) is 0 Å². The van der Waals surface area contributed by atoms with Crippen molar-refractivity contribution < 1.29 is 9.59 Å². The number of carbonyl (C=O) groups is 2. The Balaban J connectivity index is 1.96. The minimum atomic E-state index is -0.896. The van der Waals surface area contributed by atoms with Gasteiger partial charge < -0.3 is 5.73 Å². The summed E-state index contributed by atoms with van der Waals surface area (Å²) in [6, 6.07) is 5.07. The molecule has 0 spiro atoms. The number of nitrogens with one attached hydrogen (secondary N) is 1. The lowest BCUT2D eigenvalue weighted by atomic mass is 9.97. The van der Waals surface area contributed by atoms with Gasteiger partial charge in [0.15, 0.2) is 5.16 Å². The Kier molecular flexibility index (Phi) is 6.63. The number of amides is 3. The molecular formula is C24H28N4O3S2. The fourth-order valence-corrected chi connectivity index (χ4v) is 6.64. The molecular weight excluding hydrogens is 456 g/mol. The van der Waals surface area contributed by atoms with Crippen molar-refractivity contribution in [3.8, 4) is 5.69 Å². The Bertz CT molecular complexity index is 1310. The van der Waals surface area contributed by atoms with Crippen LogP contribution in [0.15, 0.2) is 28.2 Å². The molecule has 3 N–H and O–H groups in total. The van der Waals surface area contributed by atoms with E-state index in [0.717, 1.165) is 48.1 Å². The molecule has 0 saturated heterocycles. The number of hydrogen-bond acceptors (Lipinski definition) is 6. The number of nitrogens with zero attached hydrogens (tertiary/aromatic N) is 2. The van der Waals surface area contributed by atoms with Gasteiger partial charge >= 0.3 is 6.03 Å². The van der Waals surface area contributed by atoms with E-state index in [2.05, 4.69) is 5.32 Å². The summed E-state index contributed by atoms with van der Waals surface area (Å²) < 4.78 is 1.64. The Morgan fingerprint density at radius 1 is 1.21 bits per heavy atom. The van der Waals surface area contributed by atoms with E-state index in [-0.39, 0.29) is 11.5 Å². The maximum Gasteiger partial charge on any atom is 0.318 e. The van der Waals surface area contributed by atoms with Crippen LogP contribution in [0.5, 0.6) is 0 Å². The van der Waals surface area contributed by atoms with Gasteiger partial charge in [0, 0.05) is 4.88 Å². The number of aromatic nitrogens is 2. The molecule has 1 aromatic carbocycles. The third kappa shape index (κ3) is 4.56. The smallest absolute Gasteiger partial charge is 0.318 e. The molecule has 3 amide bonds. The lowest BCUT2D eigenvalue weighted by Crippen LogP contribution is -2.42. The molecule has 7 nitrogen and oxygen atoms in total. The van der Waals surface area contributed by atoms with Crippen LogP contribution >= 0.6 is 23.1 Å². The van der Waals surface area contributed by atoms with E-state index in [4.69, 9.17) is 10.7 Å². The van der Waals surface area contributed by atoms with Crippen LogP contribution in [0.25, 0.3) is 15.9 Å². The van der Waals surface area contributed by atoms with Crippen molar-refractivity contribution in [2.75, 3.05) is 0 Å². The number of thioether (sulfide) groups is 1. The highest BCUT2D eigenvalue weighted by molar-refractivity contribution is 8.00. The number of benzene rings is 1. The fraction of sp³-hybridized carbons (Fsp3) is 0.417. The minimum Gasteiger partial charge on any atom is -0.351 e. The van der Waals surface area contributed by atoms with E-state index in [1.165, 1.54) is 16.6 Å². The number of urea groups is 1. The maximum atomic E-state index is 14.0. The average Bonchev–Trinajstić information content (AvgIpc) is 3.12. The van der Waals surface area contributed by atoms with E-state index in [9.17, 15) is 14.4 Å². The summed E-state index contributed by atoms with van der Waals surface area (Å²) in [4.78, 5) is 44.9. The Morgan fingerprint density at radius 3 is 2.64 bits per heavy atom. The van der Waals surface area contributed by atoms with E-state index in [0.29, 0.717) is 15.4 Å². The summed E-state index contributed by atoms with van der Waals surface area (Å²) in [5.74, 6) is -0.611. The largest absolute Gasteiger partial charge is 0.351 e. The summed E-state index contributed by atoms with van der Waals surface area (Å²) >= 11 is 2.78. The quantitative estimate of drug-likeness (QED) is 0.416. The van der Waals surface area contributed by atoms with Gasteiger partial charge in [-0.1, -0.05) is 37.7 Å². The highest BCUT2D eigenvalue weighted by Gasteiger charge is 2.29. The van der Waals surface area contributed by atoms with Crippen molar-refractivity contribution in [3.63, 3.8) is 0 Å². The number of nitrogens with two attached hydrogens (primary N) is 1. The van der Waals surface area contributed by atoms with Crippen molar-refractivity contribution in [2.45, 2.75) is 63.8 Å². The van der Waals surface area contributed by atoms with Crippen LogP contribution in [0.3, 0.4) is 0 Å². The second kappa shape index (κ2) is 9.30. The first kappa shape index (κ1) is 23.5. The molecule has 4 rings (SSSR count). The molecule has 0 radical (unpaired) electrons. The van der Waals surface area contributed by atoms with E-state index in [1.807, 2.05) is 45.9 Å².